The number of anilines is 1. The molecule has 0 bridgehead atoms. The summed E-state index contributed by atoms with van der Waals surface area (Å²) >= 11 is 0. The number of nitrogens with zero attached hydrogens (tertiary/aromatic N) is 2. The molecule has 0 aliphatic carbocycles. The first-order valence-corrected chi connectivity index (χ1v) is 6.74. The Hall–Kier alpha value is -1.53. The molecule has 1 rings (SSSR count). The molecule has 0 saturated heterocycles. The number of rotatable bonds is 8. The van der Waals surface area contributed by atoms with Gasteiger partial charge in [-0.2, -0.15) is 5.26 Å². The lowest BCUT2D eigenvalue weighted by molar-refractivity contribution is 0.591. The number of nitrogens with one attached hydrogen (secondary N) is 1. The van der Waals surface area contributed by atoms with Gasteiger partial charge in [-0.05, 0) is 25.1 Å². The fourth-order valence-electron chi connectivity index (χ4n) is 1.93. The quantitative estimate of drug-likeness (QED) is 0.765. The van der Waals surface area contributed by atoms with Gasteiger partial charge in [-0.3, -0.25) is 0 Å². The molecule has 0 aromatic heterocycles. The van der Waals surface area contributed by atoms with Crippen molar-refractivity contribution < 1.29 is 0 Å². The van der Waals surface area contributed by atoms with E-state index in [1.165, 1.54) is 12.1 Å². The van der Waals surface area contributed by atoms with Crippen molar-refractivity contribution in [3.63, 3.8) is 0 Å². The Labute approximate surface area is 110 Å². The maximum absolute atomic E-state index is 9.14. The maximum Gasteiger partial charge on any atom is 0.113 e. The van der Waals surface area contributed by atoms with Crippen LogP contribution in [0.5, 0.6) is 0 Å². The fourth-order valence-corrected chi connectivity index (χ4v) is 1.93. The van der Waals surface area contributed by atoms with Gasteiger partial charge in [-0.15, -0.1) is 0 Å². The average Bonchev–Trinajstić information content (AvgIpc) is 2.43. The highest BCUT2D eigenvalue weighted by Gasteiger charge is 2.12. The highest BCUT2D eigenvalue weighted by atomic mass is 15.2. The third-order valence-corrected chi connectivity index (χ3v) is 2.91. The zero-order chi connectivity index (χ0) is 13.2. The average molecular weight is 245 g/mol. The summed E-state index contributed by atoms with van der Waals surface area (Å²) in [7, 11) is 0. The molecule has 1 aromatic carbocycles. The summed E-state index contributed by atoms with van der Waals surface area (Å²) in [6.07, 6.45) is 2.32. The van der Waals surface area contributed by atoms with E-state index in [0.29, 0.717) is 0 Å². The van der Waals surface area contributed by atoms with Crippen molar-refractivity contribution in [1.29, 1.82) is 5.26 Å². The van der Waals surface area contributed by atoms with Crippen molar-refractivity contribution in [1.82, 2.24) is 5.32 Å². The summed E-state index contributed by atoms with van der Waals surface area (Å²) in [5.74, 6) is 0. The number of hydrogen-bond acceptors (Lipinski definition) is 3. The fraction of sp³-hybridized carbons (Fsp3) is 0.533. The van der Waals surface area contributed by atoms with E-state index >= 15 is 0 Å². The summed E-state index contributed by atoms with van der Waals surface area (Å²) in [6, 6.07) is 12.5. The molecule has 1 aromatic rings. The number of benzene rings is 1. The molecule has 0 amide bonds. The third-order valence-electron chi connectivity index (χ3n) is 2.91. The van der Waals surface area contributed by atoms with Crippen LogP contribution in [0, 0.1) is 11.3 Å². The molecular weight excluding hydrogens is 222 g/mol. The van der Waals surface area contributed by atoms with Gasteiger partial charge in [0.05, 0.1) is 6.07 Å². The lowest BCUT2D eigenvalue weighted by Gasteiger charge is -2.27. The van der Waals surface area contributed by atoms with Gasteiger partial charge in [0.2, 0.25) is 0 Å². The Morgan fingerprint density at radius 3 is 2.56 bits per heavy atom. The molecule has 1 N–H and O–H groups in total. The minimum atomic E-state index is -0.105. The number of unbranched alkanes of at least 4 members (excludes halogenated alkanes) is 1. The van der Waals surface area contributed by atoms with Crippen LogP contribution in [-0.2, 0) is 0 Å². The molecule has 0 spiro atoms. The summed E-state index contributed by atoms with van der Waals surface area (Å²) < 4.78 is 0. The topological polar surface area (TPSA) is 39.1 Å². The monoisotopic (exact) mass is 245 g/mol. The van der Waals surface area contributed by atoms with Crippen LogP contribution < -0.4 is 10.2 Å². The van der Waals surface area contributed by atoms with Crippen molar-refractivity contribution in [2.75, 3.05) is 24.5 Å². The van der Waals surface area contributed by atoms with Crippen LogP contribution in [0.3, 0.4) is 0 Å². The number of likely N-dealkylation sites (N-methyl/N-ethyl adjacent to an activating group) is 1. The normalized spacial score (nSPS) is 11.8. The predicted octanol–water partition coefficient (Wildman–Crippen LogP) is 2.79. The molecule has 18 heavy (non-hydrogen) atoms. The SMILES string of the molecule is CCCCN(CC(C#N)NCC)c1ccccc1. The van der Waals surface area contributed by atoms with E-state index < -0.39 is 0 Å². The summed E-state index contributed by atoms with van der Waals surface area (Å²) in [5, 5.41) is 12.3. The second kappa shape index (κ2) is 8.54. The van der Waals surface area contributed by atoms with E-state index in [1.54, 1.807) is 0 Å². The van der Waals surface area contributed by atoms with Gasteiger partial charge < -0.3 is 10.2 Å². The van der Waals surface area contributed by atoms with E-state index in [1.807, 2.05) is 25.1 Å². The Kier molecular flexibility index (Phi) is 6.90. The second-order valence-electron chi connectivity index (χ2n) is 4.37. The van der Waals surface area contributed by atoms with E-state index in [9.17, 15) is 0 Å². The predicted molar refractivity (Wildman–Crippen MR) is 76.6 cm³/mol. The smallest absolute Gasteiger partial charge is 0.113 e. The number of nitriles is 1. The van der Waals surface area contributed by atoms with Gasteiger partial charge in [-0.25, -0.2) is 0 Å². The van der Waals surface area contributed by atoms with Gasteiger partial charge in [0.15, 0.2) is 0 Å². The molecule has 0 aliphatic heterocycles. The molecule has 3 heteroatoms. The minimum Gasteiger partial charge on any atom is -0.369 e. The van der Waals surface area contributed by atoms with Crippen LogP contribution in [0.4, 0.5) is 5.69 Å². The minimum absolute atomic E-state index is 0.105. The molecule has 98 valence electrons. The van der Waals surface area contributed by atoms with Crippen LogP contribution in [0.1, 0.15) is 26.7 Å². The molecule has 0 aliphatic rings. The van der Waals surface area contributed by atoms with Gasteiger partial charge in [0.25, 0.3) is 0 Å². The van der Waals surface area contributed by atoms with Crippen molar-refractivity contribution in [2.24, 2.45) is 0 Å². The lowest BCUT2D eigenvalue weighted by Crippen LogP contribution is -2.40. The summed E-state index contributed by atoms with van der Waals surface area (Å²) in [6.45, 7) is 6.80. The Morgan fingerprint density at radius 1 is 1.28 bits per heavy atom. The largest absolute Gasteiger partial charge is 0.369 e. The van der Waals surface area contributed by atoms with Gasteiger partial charge in [0, 0.05) is 18.8 Å². The molecule has 0 radical (unpaired) electrons. The molecule has 0 fully saturated rings. The van der Waals surface area contributed by atoms with Crippen LogP contribution >= 0.6 is 0 Å². The molecule has 0 saturated carbocycles. The maximum atomic E-state index is 9.14. The first kappa shape index (κ1) is 14.5. The standard InChI is InChI=1S/C15H23N3/c1-3-5-11-18(13-14(12-16)17-4-2)15-9-7-6-8-10-15/h6-10,14,17H,3-5,11,13H2,1-2H3. The first-order valence-electron chi connectivity index (χ1n) is 6.74. The highest BCUT2D eigenvalue weighted by molar-refractivity contribution is 5.46. The Bertz CT molecular complexity index is 356. The lowest BCUT2D eigenvalue weighted by atomic mass is 10.2. The van der Waals surface area contributed by atoms with Crippen molar-refractivity contribution in [3.05, 3.63) is 30.3 Å². The van der Waals surface area contributed by atoms with Crippen molar-refractivity contribution in [2.45, 2.75) is 32.7 Å². The molecule has 3 nitrogen and oxygen atoms in total. The number of para-hydroxylation sites is 1. The van der Waals surface area contributed by atoms with Crippen LogP contribution in [0.2, 0.25) is 0 Å². The van der Waals surface area contributed by atoms with Crippen LogP contribution in [0.15, 0.2) is 30.3 Å². The third kappa shape index (κ3) is 4.77. The zero-order valence-electron chi connectivity index (χ0n) is 11.4. The van der Waals surface area contributed by atoms with Crippen molar-refractivity contribution in [3.8, 4) is 6.07 Å². The molecule has 0 heterocycles. The molecule has 1 unspecified atom stereocenters. The van der Waals surface area contributed by atoms with E-state index in [-0.39, 0.29) is 6.04 Å². The zero-order valence-corrected chi connectivity index (χ0v) is 11.4. The molecular formula is C15H23N3. The highest BCUT2D eigenvalue weighted by Crippen LogP contribution is 2.14. The van der Waals surface area contributed by atoms with E-state index in [0.717, 1.165) is 26.1 Å². The van der Waals surface area contributed by atoms with Gasteiger partial charge >= 0.3 is 0 Å². The summed E-state index contributed by atoms with van der Waals surface area (Å²) in [5.41, 5.74) is 1.20. The van der Waals surface area contributed by atoms with Gasteiger partial charge in [-0.1, -0.05) is 38.5 Å². The van der Waals surface area contributed by atoms with Crippen molar-refractivity contribution >= 4 is 5.69 Å². The van der Waals surface area contributed by atoms with E-state index in [4.69, 9.17) is 5.26 Å². The Morgan fingerprint density at radius 2 is 2.00 bits per heavy atom. The van der Waals surface area contributed by atoms with E-state index in [2.05, 4.69) is 35.3 Å². The second-order valence-corrected chi connectivity index (χ2v) is 4.37. The van der Waals surface area contributed by atoms with Crippen LogP contribution in [-0.4, -0.2) is 25.7 Å². The van der Waals surface area contributed by atoms with Crippen LogP contribution in [0.25, 0.3) is 0 Å². The Balaban J connectivity index is 2.69. The van der Waals surface area contributed by atoms with Gasteiger partial charge in [0.1, 0.15) is 6.04 Å². The first-order chi connectivity index (χ1) is 8.81. The summed E-state index contributed by atoms with van der Waals surface area (Å²) in [4.78, 5) is 2.29. The molecule has 1 atom stereocenters. The number of hydrogen-bond donors (Lipinski definition) is 1.